The molecule has 1 N–H and O–H groups in total. The lowest BCUT2D eigenvalue weighted by Gasteiger charge is -2.34. The molecule has 1 aromatic carbocycles. The lowest BCUT2D eigenvalue weighted by molar-refractivity contribution is -0.0511. The second kappa shape index (κ2) is 9.07. The molecule has 26 heavy (non-hydrogen) atoms. The molecule has 0 unspecified atom stereocenters. The minimum atomic E-state index is -3.01. The van der Waals surface area contributed by atoms with Gasteiger partial charge in [-0.3, -0.25) is 0 Å². The van der Waals surface area contributed by atoms with Crippen LogP contribution in [-0.4, -0.2) is 68.4 Å². The van der Waals surface area contributed by atoms with E-state index in [4.69, 9.17) is 9.47 Å². The third-order valence-corrected chi connectivity index (χ3v) is 3.72. The Morgan fingerprint density at radius 2 is 1.81 bits per heavy atom. The van der Waals surface area contributed by atoms with Crippen molar-refractivity contribution >= 4 is 17.8 Å². The van der Waals surface area contributed by atoms with Gasteiger partial charge in [0.25, 0.3) is 0 Å². The number of nitrogens with zero attached hydrogens (tertiary/aromatic N) is 2. The molecule has 8 nitrogen and oxygen atoms in total. The number of rotatable bonds is 5. The molecule has 0 bridgehead atoms. The average Bonchev–Trinajstić information content (AvgIpc) is 2.62. The number of carbonyl (C=O) groups excluding carboxylic acids is 2. The minimum absolute atomic E-state index is 0.131. The van der Waals surface area contributed by atoms with Crippen LogP contribution in [0.15, 0.2) is 18.2 Å². The molecule has 1 fully saturated rings. The fourth-order valence-corrected chi connectivity index (χ4v) is 2.45. The van der Waals surface area contributed by atoms with E-state index >= 15 is 0 Å². The summed E-state index contributed by atoms with van der Waals surface area (Å²) in [5, 5.41) is 2.62. The van der Waals surface area contributed by atoms with Gasteiger partial charge in [0.1, 0.15) is 0 Å². The maximum absolute atomic E-state index is 12.5. The molecule has 0 radical (unpaired) electrons. The summed E-state index contributed by atoms with van der Waals surface area (Å²) in [5.41, 5.74) is 0.291. The Bertz CT molecular complexity index is 636. The third-order valence-electron chi connectivity index (χ3n) is 3.72. The molecule has 1 aliphatic heterocycles. The minimum Gasteiger partial charge on any atom is -0.493 e. The Labute approximate surface area is 149 Å². The van der Waals surface area contributed by atoms with Gasteiger partial charge in [0.05, 0.1) is 13.7 Å². The summed E-state index contributed by atoms with van der Waals surface area (Å²) in [6.07, 6.45) is -0.406. The monoisotopic (exact) mass is 373 g/mol. The Morgan fingerprint density at radius 3 is 2.38 bits per heavy atom. The number of alkyl halides is 2. The molecule has 0 atom stereocenters. The van der Waals surface area contributed by atoms with Crippen LogP contribution >= 0.6 is 0 Å². The van der Waals surface area contributed by atoms with Gasteiger partial charge >= 0.3 is 18.7 Å². The molecule has 0 saturated carbocycles. The highest BCUT2D eigenvalue weighted by molar-refractivity contribution is 5.90. The number of methoxy groups -OCH3 is 1. The van der Waals surface area contributed by atoms with E-state index in [1.807, 2.05) is 0 Å². The number of carbonyl (C=O) groups is 2. The molecule has 1 saturated heterocycles. The maximum atomic E-state index is 12.5. The van der Waals surface area contributed by atoms with Gasteiger partial charge in [0, 0.05) is 37.9 Å². The molecule has 1 aliphatic rings. The predicted octanol–water partition coefficient (Wildman–Crippen LogP) is 2.60. The summed E-state index contributed by atoms with van der Waals surface area (Å²) >= 11 is 0. The fraction of sp³-hybridized carbons (Fsp3) is 0.500. The third kappa shape index (κ3) is 5.11. The zero-order valence-corrected chi connectivity index (χ0v) is 14.5. The Kier molecular flexibility index (Phi) is 6.81. The summed E-state index contributed by atoms with van der Waals surface area (Å²) in [6.45, 7) is 0.388. The van der Waals surface area contributed by atoms with Gasteiger partial charge in [0.2, 0.25) is 0 Å². The van der Waals surface area contributed by atoms with E-state index in [1.165, 1.54) is 35.1 Å². The Balaban J connectivity index is 1.95. The maximum Gasteiger partial charge on any atom is 0.409 e. The van der Waals surface area contributed by atoms with Gasteiger partial charge in [-0.1, -0.05) is 0 Å². The molecule has 0 spiro atoms. The molecular formula is C16H21F2N3O5. The van der Waals surface area contributed by atoms with E-state index < -0.39 is 18.7 Å². The normalized spacial score (nSPS) is 14.2. The van der Waals surface area contributed by atoms with Crippen LogP contribution in [0.2, 0.25) is 0 Å². The second-order valence-corrected chi connectivity index (χ2v) is 5.35. The van der Waals surface area contributed by atoms with Crippen molar-refractivity contribution in [3.8, 4) is 11.5 Å². The molecule has 10 heteroatoms. The van der Waals surface area contributed by atoms with Crippen molar-refractivity contribution in [1.29, 1.82) is 0 Å². The van der Waals surface area contributed by atoms with Crippen molar-refractivity contribution in [2.24, 2.45) is 0 Å². The van der Waals surface area contributed by atoms with Gasteiger partial charge in [-0.2, -0.15) is 8.78 Å². The van der Waals surface area contributed by atoms with E-state index in [2.05, 4.69) is 10.1 Å². The molecule has 1 heterocycles. The summed E-state index contributed by atoms with van der Waals surface area (Å²) in [4.78, 5) is 27.0. The largest absolute Gasteiger partial charge is 0.493 e. The van der Waals surface area contributed by atoms with E-state index in [1.54, 1.807) is 6.92 Å². The predicted molar refractivity (Wildman–Crippen MR) is 88.8 cm³/mol. The number of benzene rings is 1. The highest BCUT2D eigenvalue weighted by atomic mass is 19.3. The fourth-order valence-electron chi connectivity index (χ4n) is 2.45. The summed E-state index contributed by atoms with van der Waals surface area (Å²) in [6, 6.07) is 3.80. The molecule has 0 aromatic heterocycles. The van der Waals surface area contributed by atoms with Crippen LogP contribution in [0.3, 0.4) is 0 Å². The molecule has 3 amide bonds. The number of hydrogen-bond acceptors (Lipinski definition) is 5. The van der Waals surface area contributed by atoms with Gasteiger partial charge < -0.3 is 29.3 Å². The van der Waals surface area contributed by atoms with Gasteiger partial charge in [-0.15, -0.1) is 0 Å². The molecular weight excluding hydrogens is 352 g/mol. The number of anilines is 1. The first kappa shape index (κ1) is 19.5. The smallest absolute Gasteiger partial charge is 0.409 e. The number of halogens is 2. The number of piperazine rings is 1. The second-order valence-electron chi connectivity index (χ2n) is 5.35. The number of ether oxygens (including phenoxy) is 3. The molecule has 0 aliphatic carbocycles. The summed E-state index contributed by atoms with van der Waals surface area (Å²) in [5.74, 6) is -0.0428. The van der Waals surface area contributed by atoms with Crippen molar-refractivity contribution in [2.45, 2.75) is 13.5 Å². The van der Waals surface area contributed by atoms with Crippen LogP contribution < -0.4 is 14.8 Å². The van der Waals surface area contributed by atoms with Crippen molar-refractivity contribution in [3.05, 3.63) is 18.2 Å². The lowest BCUT2D eigenvalue weighted by atomic mass is 10.2. The van der Waals surface area contributed by atoms with Crippen molar-refractivity contribution in [2.75, 3.05) is 45.2 Å². The molecule has 1 aromatic rings. The average molecular weight is 373 g/mol. The Morgan fingerprint density at radius 1 is 1.15 bits per heavy atom. The number of amides is 3. The van der Waals surface area contributed by atoms with Crippen LogP contribution in [0.25, 0.3) is 0 Å². The molecule has 2 rings (SSSR count). The zero-order valence-electron chi connectivity index (χ0n) is 14.5. The first-order chi connectivity index (χ1) is 12.4. The lowest BCUT2D eigenvalue weighted by Crippen LogP contribution is -2.51. The van der Waals surface area contributed by atoms with Crippen LogP contribution in [-0.2, 0) is 4.74 Å². The van der Waals surface area contributed by atoms with Gasteiger partial charge in [-0.05, 0) is 19.1 Å². The van der Waals surface area contributed by atoms with E-state index in [0.717, 1.165) is 0 Å². The van der Waals surface area contributed by atoms with Crippen molar-refractivity contribution in [3.63, 3.8) is 0 Å². The summed E-state index contributed by atoms with van der Waals surface area (Å²) < 4.78 is 39.2. The summed E-state index contributed by atoms with van der Waals surface area (Å²) in [7, 11) is 1.33. The van der Waals surface area contributed by atoms with Gasteiger partial charge in [0.15, 0.2) is 11.5 Å². The number of hydrogen-bond donors (Lipinski definition) is 1. The van der Waals surface area contributed by atoms with Crippen molar-refractivity contribution in [1.82, 2.24) is 9.80 Å². The van der Waals surface area contributed by atoms with Gasteiger partial charge in [-0.25, -0.2) is 9.59 Å². The van der Waals surface area contributed by atoms with Crippen molar-refractivity contribution < 1.29 is 32.6 Å². The standard InChI is InChI=1S/C16H21F2N3O5/c1-3-25-16(23)21-8-6-20(7-9-21)15(22)19-11-4-5-12(24-2)13(10-11)26-14(17)18/h4-5,10,14H,3,6-9H2,1-2H3,(H,19,22). The van der Waals surface area contributed by atoms with Crippen LogP contribution in [0.1, 0.15) is 6.92 Å². The Hall–Kier alpha value is -2.78. The highest BCUT2D eigenvalue weighted by Crippen LogP contribution is 2.31. The van der Waals surface area contributed by atoms with E-state index in [9.17, 15) is 18.4 Å². The first-order valence-corrected chi connectivity index (χ1v) is 8.05. The topological polar surface area (TPSA) is 80.3 Å². The zero-order chi connectivity index (χ0) is 19.1. The van der Waals surface area contributed by atoms with E-state index in [-0.39, 0.29) is 11.5 Å². The van der Waals surface area contributed by atoms with Crippen LogP contribution in [0.5, 0.6) is 11.5 Å². The number of urea groups is 1. The number of nitrogens with one attached hydrogen (secondary N) is 1. The quantitative estimate of drug-likeness (QED) is 0.858. The first-order valence-electron chi connectivity index (χ1n) is 8.05. The van der Waals surface area contributed by atoms with E-state index in [0.29, 0.717) is 38.5 Å². The van der Waals surface area contributed by atoms with Crippen LogP contribution in [0, 0.1) is 0 Å². The highest BCUT2D eigenvalue weighted by Gasteiger charge is 2.25. The van der Waals surface area contributed by atoms with Crippen LogP contribution in [0.4, 0.5) is 24.1 Å². The molecule has 144 valence electrons. The SMILES string of the molecule is CCOC(=O)N1CCN(C(=O)Nc2ccc(OC)c(OC(F)F)c2)CC1.